The molecule has 3 rings (SSSR count). The van der Waals surface area contributed by atoms with Crippen LogP contribution in [0.2, 0.25) is 5.02 Å². The van der Waals surface area contributed by atoms with Crippen LogP contribution >= 0.6 is 23.4 Å². The van der Waals surface area contributed by atoms with Crippen molar-refractivity contribution in [1.82, 2.24) is 4.90 Å². The van der Waals surface area contributed by atoms with Gasteiger partial charge in [-0.05, 0) is 41.8 Å². The minimum atomic E-state index is -0.104. The van der Waals surface area contributed by atoms with Crippen LogP contribution in [0.15, 0.2) is 58.7 Å². The van der Waals surface area contributed by atoms with Crippen molar-refractivity contribution in [2.24, 2.45) is 10.2 Å². The Balaban J connectivity index is 1.78. The first-order valence-corrected chi connectivity index (χ1v) is 10.3. The van der Waals surface area contributed by atoms with Gasteiger partial charge in [0.1, 0.15) is 5.75 Å². The molecule has 0 bridgehead atoms. The molecule has 0 saturated carbocycles. The summed E-state index contributed by atoms with van der Waals surface area (Å²) < 4.78 is 5.20. The molecular weight excluding hydrogens is 394 g/mol. The van der Waals surface area contributed by atoms with E-state index in [1.54, 1.807) is 30.4 Å². The van der Waals surface area contributed by atoms with E-state index in [9.17, 15) is 4.79 Å². The third-order valence-electron chi connectivity index (χ3n) is 4.29. The summed E-state index contributed by atoms with van der Waals surface area (Å²) in [5.74, 6) is 0.874. The zero-order chi connectivity index (χ0) is 19.9. The topological polar surface area (TPSA) is 54.3 Å². The quantitative estimate of drug-likeness (QED) is 0.473. The average Bonchev–Trinajstić information content (AvgIpc) is 2.99. The fourth-order valence-electron chi connectivity index (χ4n) is 2.78. The Morgan fingerprint density at radius 2 is 1.89 bits per heavy atom. The molecule has 1 unspecified atom stereocenters. The minimum Gasteiger partial charge on any atom is -0.497 e. The number of amides is 1. The van der Waals surface area contributed by atoms with Gasteiger partial charge in [-0.3, -0.25) is 9.69 Å². The molecule has 2 aromatic rings. The van der Waals surface area contributed by atoms with Gasteiger partial charge in [0.15, 0.2) is 5.17 Å². The maximum absolute atomic E-state index is 12.8. The first-order valence-electron chi connectivity index (χ1n) is 9.08. The van der Waals surface area contributed by atoms with Crippen molar-refractivity contribution in [2.45, 2.75) is 31.6 Å². The van der Waals surface area contributed by atoms with Gasteiger partial charge >= 0.3 is 0 Å². The minimum absolute atomic E-state index is 0.0862. The van der Waals surface area contributed by atoms with Crippen LogP contribution in [0.4, 0.5) is 0 Å². The highest BCUT2D eigenvalue weighted by Gasteiger charge is 2.37. The van der Waals surface area contributed by atoms with Crippen LogP contribution in [0.3, 0.4) is 0 Å². The van der Waals surface area contributed by atoms with E-state index in [0.29, 0.717) is 16.7 Å². The molecule has 1 fully saturated rings. The number of ether oxygens (including phenoxy) is 1. The van der Waals surface area contributed by atoms with Crippen molar-refractivity contribution in [3.8, 4) is 5.75 Å². The molecule has 0 radical (unpaired) electrons. The van der Waals surface area contributed by atoms with Crippen LogP contribution in [0.1, 0.15) is 30.9 Å². The molecule has 1 amide bonds. The summed E-state index contributed by atoms with van der Waals surface area (Å²) in [7, 11) is 1.63. The zero-order valence-corrected chi connectivity index (χ0v) is 17.4. The van der Waals surface area contributed by atoms with Gasteiger partial charge in [-0.2, -0.15) is 5.10 Å². The van der Waals surface area contributed by atoms with E-state index in [-0.39, 0.29) is 11.2 Å². The highest BCUT2D eigenvalue weighted by atomic mass is 35.5. The lowest BCUT2D eigenvalue weighted by Gasteiger charge is -2.16. The first kappa shape index (κ1) is 20.4. The highest BCUT2D eigenvalue weighted by molar-refractivity contribution is 8.15. The molecule has 5 nitrogen and oxygen atoms in total. The second-order valence-electron chi connectivity index (χ2n) is 6.35. The molecule has 0 aromatic heterocycles. The van der Waals surface area contributed by atoms with Crippen molar-refractivity contribution < 1.29 is 9.53 Å². The van der Waals surface area contributed by atoms with Crippen LogP contribution in [-0.2, 0) is 11.3 Å². The Morgan fingerprint density at radius 3 is 2.54 bits per heavy atom. The van der Waals surface area contributed by atoms with E-state index >= 15 is 0 Å². The van der Waals surface area contributed by atoms with E-state index in [2.05, 4.69) is 17.1 Å². The molecule has 1 aliphatic rings. The third kappa shape index (κ3) is 5.14. The van der Waals surface area contributed by atoms with E-state index in [1.165, 1.54) is 11.8 Å². The lowest BCUT2D eigenvalue weighted by Crippen LogP contribution is -2.31. The van der Waals surface area contributed by atoms with Gasteiger partial charge < -0.3 is 4.74 Å². The SMILES string of the molecule is CCCC1SC(=NN=Cc2ccc(Cl)cc2)N(Cc2ccc(OC)cc2)C1=O. The summed E-state index contributed by atoms with van der Waals surface area (Å²) in [5, 5.41) is 9.72. The molecule has 0 spiro atoms. The number of halogens is 1. The van der Waals surface area contributed by atoms with Crippen molar-refractivity contribution in [3.05, 3.63) is 64.7 Å². The molecule has 7 heteroatoms. The van der Waals surface area contributed by atoms with Crippen molar-refractivity contribution >= 4 is 40.7 Å². The Kier molecular flexibility index (Phi) is 7.12. The lowest BCUT2D eigenvalue weighted by atomic mass is 10.2. The number of nitrogens with zero attached hydrogens (tertiary/aromatic N) is 3. The standard InChI is InChI=1S/C21H22ClN3O2S/c1-3-4-19-20(26)25(14-16-7-11-18(27-2)12-8-16)21(28-19)24-23-13-15-5-9-17(22)10-6-15/h5-13,19H,3-4,14H2,1-2H3. The Labute approximate surface area is 174 Å². The van der Waals surface area contributed by atoms with Gasteiger partial charge in [-0.1, -0.05) is 61.0 Å². The molecule has 1 saturated heterocycles. The summed E-state index contributed by atoms with van der Waals surface area (Å²) in [6, 6.07) is 15.0. The van der Waals surface area contributed by atoms with E-state index < -0.39 is 0 Å². The fraction of sp³-hybridized carbons (Fsp3) is 0.286. The normalized spacial score (nSPS) is 18.4. The molecule has 1 atom stereocenters. The van der Waals surface area contributed by atoms with Gasteiger partial charge in [0, 0.05) is 5.02 Å². The number of hydrogen-bond donors (Lipinski definition) is 0. The fourth-order valence-corrected chi connectivity index (χ4v) is 4.12. The number of carbonyl (C=O) groups excluding carboxylic acids is 1. The second-order valence-corrected chi connectivity index (χ2v) is 7.95. The summed E-state index contributed by atoms with van der Waals surface area (Å²) >= 11 is 7.38. The monoisotopic (exact) mass is 415 g/mol. The number of methoxy groups -OCH3 is 1. The summed E-state index contributed by atoms with van der Waals surface area (Å²) in [6.07, 6.45) is 3.43. The number of rotatable bonds is 7. The van der Waals surface area contributed by atoms with Crippen molar-refractivity contribution in [2.75, 3.05) is 7.11 Å². The van der Waals surface area contributed by atoms with Gasteiger partial charge in [-0.25, -0.2) is 0 Å². The predicted octanol–water partition coefficient (Wildman–Crippen LogP) is 4.98. The smallest absolute Gasteiger partial charge is 0.242 e. The molecule has 0 aliphatic carbocycles. The zero-order valence-electron chi connectivity index (χ0n) is 15.8. The molecule has 28 heavy (non-hydrogen) atoms. The first-order chi connectivity index (χ1) is 13.6. The van der Waals surface area contributed by atoms with Crippen LogP contribution in [0, 0.1) is 0 Å². The Morgan fingerprint density at radius 1 is 1.18 bits per heavy atom. The van der Waals surface area contributed by atoms with Crippen molar-refractivity contribution in [3.63, 3.8) is 0 Å². The van der Waals surface area contributed by atoms with Gasteiger partial charge in [0.05, 0.1) is 25.1 Å². The molecule has 1 heterocycles. The van der Waals surface area contributed by atoms with Gasteiger partial charge in [0.2, 0.25) is 5.91 Å². The van der Waals surface area contributed by atoms with Crippen LogP contribution in [-0.4, -0.2) is 34.5 Å². The molecule has 0 N–H and O–H groups in total. The van der Waals surface area contributed by atoms with E-state index in [4.69, 9.17) is 16.3 Å². The number of hydrogen-bond acceptors (Lipinski definition) is 5. The average molecular weight is 416 g/mol. The maximum atomic E-state index is 12.8. The second kappa shape index (κ2) is 9.75. The van der Waals surface area contributed by atoms with Crippen LogP contribution < -0.4 is 4.74 Å². The summed E-state index contributed by atoms with van der Waals surface area (Å²) in [4.78, 5) is 14.6. The Hall–Kier alpha value is -2.31. The summed E-state index contributed by atoms with van der Waals surface area (Å²) in [6.45, 7) is 2.54. The summed E-state index contributed by atoms with van der Waals surface area (Å²) in [5.41, 5.74) is 1.91. The third-order valence-corrected chi connectivity index (χ3v) is 5.78. The number of benzene rings is 2. The maximum Gasteiger partial charge on any atom is 0.242 e. The molecule has 146 valence electrons. The van der Waals surface area contributed by atoms with Crippen LogP contribution in [0.25, 0.3) is 0 Å². The molecule has 2 aromatic carbocycles. The number of thioether (sulfide) groups is 1. The lowest BCUT2D eigenvalue weighted by molar-refractivity contribution is -0.126. The van der Waals surface area contributed by atoms with E-state index in [0.717, 1.165) is 29.7 Å². The largest absolute Gasteiger partial charge is 0.497 e. The molecular formula is C21H22ClN3O2S. The Bertz CT molecular complexity index is 866. The van der Waals surface area contributed by atoms with Gasteiger partial charge in [0.25, 0.3) is 0 Å². The number of amidine groups is 1. The number of carbonyl (C=O) groups is 1. The predicted molar refractivity (Wildman–Crippen MR) is 116 cm³/mol. The van der Waals surface area contributed by atoms with Crippen molar-refractivity contribution in [1.29, 1.82) is 0 Å². The van der Waals surface area contributed by atoms with Crippen LogP contribution in [0.5, 0.6) is 5.75 Å². The molecule has 1 aliphatic heterocycles. The van der Waals surface area contributed by atoms with E-state index in [1.807, 2.05) is 36.4 Å². The highest BCUT2D eigenvalue weighted by Crippen LogP contribution is 2.32. The van der Waals surface area contributed by atoms with Gasteiger partial charge in [-0.15, -0.1) is 5.10 Å².